The van der Waals surface area contributed by atoms with E-state index in [1.807, 2.05) is 4.08 Å². The van der Waals surface area contributed by atoms with Gasteiger partial charge in [0, 0.05) is 0 Å². The normalized spacial score (nSPS) is 12.6. The van der Waals surface area contributed by atoms with Crippen molar-refractivity contribution in [2.45, 2.75) is 44.2 Å². The fraction of sp³-hybridized carbons (Fsp3) is 0.615. The van der Waals surface area contributed by atoms with Gasteiger partial charge in [-0.1, -0.05) is 0 Å². The summed E-state index contributed by atoms with van der Waals surface area (Å²) < 4.78 is 4.94. The second-order valence-corrected chi connectivity index (χ2v) is 6.67. The van der Waals surface area contributed by atoms with Crippen molar-refractivity contribution in [3.05, 3.63) is 0 Å². The standard InChI is InChI=1S/C13H20IN4O7/c15-7-14-16-6-2-1-3-8(11(21)22)17-13(25)18-9(12(23)24)4-5-10(19)20/h8-9,16H,1-6H2,(H,19,20)(H,21,22)(H,23,24)(H2,17,18,25)/q-1. The summed E-state index contributed by atoms with van der Waals surface area (Å²) in [6, 6.07) is -3.61. The van der Waals surface area contributed by atoms with E-state index in [9.17, 15) is 19.2 Å². The number of hydrogen-bond donors (Lipinski definition) is 6. The number of carboxylic acid groups (broad SMARTS) is 3. The van der Waals surface area contributed by atoms with E-state index in [0.29, 0.717) is 19.4 Å². The van der Waals surface area contributed by atoms with Crippen molar-refractivity contribution in [1.29, 1.82) is 5.26 Å². The number of urea groups is 1. The van der Waals surface area contributed by atoms with Crippen molar-refractivity contribution in [2.24, 2.45) is 0 Å². The minimum absolute atomic E-state index is 0.141. The predicted molar refractivity (Wildman–Crippen MR) is 78.9 cm³/mol. The molecule has 2 unspecified atom stereocenters. The summed E-state index contributed by atoms with van der Waals surface area (Å²) in [6.07, 6.45) is 0.495. The summed E-state index contributed by atoms with van der Waals surface area (Å²) in [6.45, 7) is 0.579. The van der Waals surface area contributed by atoms with Gasteiger partial charge in [-0.2, -0.15) is 0 Å². The van der Waals surface area contributed by atoms with Gasteiger partial charge in [0.2, 0.25) is 0 Å². The van der Waals surface area contributed by atoms with E-state index >= 15 is 0 Å². The third-order valence-corrected chi connectivity index (χ3v) is 4.14. The van der Waals surface area contributed by atoms with E-state index in [-0.39, 0.29) is 12.8 Å². The summed E-state index contributed by atoms with van der Waals surface area (Å²) in [5, 5.41) is 39.2. The Kier molecular flexibility index (Phi) is 12.1. The molecule has 2 amide bonds. The zero-order chi connectivity index (χ0) is 19.2. The van der Waals surface area contributed by atoms with Crippen LogP contribution < -0.4 is 35.6 Å². The zero-order valence-electron chi connectivity index (χ0n) is 13.2. The molecule has 0 aliphatic heterocycles. The quantitative estimate of drug-likeness (QED) is 0.0892. The fourth-order valence-corrected chi connectivity index (χ4v) is 2.58. The number of halogens is 1. The summed E-state index contributed by atoms with van der Waals surface area (Å²) in [4.78, 5) is 44.4. The van der Waals surface area contributed by atoms with Crippen molar-refractivity contribution in [3.8, 4) is 4.08 Å². The van der Waals surface area contributed by atoms with Crippen molar-refractivity contribution >= 4 is 23.9 Å². The Hall–Kier alpha value is -2.14. The maximum absolute atomic E-state index is 11.8. The third kappa shape index (κ3) is 12.0. The number of carbonyl (C=O) groups is 4. The van der Waals surface area contributed by atoms with Crippen LogP contribution in [0.1, 0.15) is 32.1 Å². The molecule has 0 aliphatic carbocycles. The van der Waals surface area contributed by atoms with Gasteiger partial charge in [-0.05, 0) is 0 Å². The van der Waals surface area contributed by atoms with Gasteiger partial charge < -0.3 is 5.11 Å². The topological polar surface area (TPSA) is 189 Å². The molecule has 0 aromatic rings. The molecule has 0 aliphatic rings. The molecule has 11 nitrogen and oxygen atoms in total. The van der Waals surface area contributed by atoms with E-state index < -0.39 is 63.9 Å². The van der Waals surface area contributed by atoms with Crippen LogP contribution in [-0.4, -0.2) is 57.9 Å². The molecule has 6 N–H and O–H groups in total. The van der Waals surface area contributed by atoms with Crippen LogP contribution >= 0.6 is 0 Å². The summed E-state index contributed by atoms with van der Waals surface area (Å²) in [5.41, 5.74) is 0. The predicted octanol–water partition coefficient (Wildman–Crippen LogP) is -3.70. The fourth-order valence-electron chi connectivity index (χ4n) is 1.76. The van der Waals surface area contributed by atoms with Gasteiger partial charge in [-0.25, -0.2) is 0 Å². The Labute approximate surface area is 154 Å². The molecule has 0 saturated carbocycles. The van der Waals surface area contributed by atoms with Crippen LogP contribution in [0.5, 0.6) is 0 Å². The molecule has 25 heavy (non-hydrogen) atoms. The van der Waals surface area contributed by atoms with E-state index in [2.05, 4.69) is 14.2 Å². The number of carboxylic acids is 3. The van der Waals surface area contributed by atoms with Crippen molar-refractivity contribution < 1.29 is 56.0 Å². The first kappa shape index (κ1) is 22.9. The molecule has 0 spiro atoms. The average Bonchev–Trinajstić information content (AvgIpc) is 2.52. The van der Waals surface area contributed by atoms with Crippen molar-refractivity contribution in [2.75, 3.05) is 6.54 Å². The Morgan fingerprint density at radius 2 is 1.52 bits per heavy atom. The molecule has 12 heteroatoms. The van der Waals surface area contributed by atoms with E-state index in [4.69, 9.17) is 20.6 Å². The number of carbonyl (C=O) groups excluding carboxylic acids is 1. The first-order valence-corrected chi connectivity index (χ1v) is 9.42. The minimum atomic E-state index is -1.43. The van der Waals surface area contributed by atoms with Gasteiger partial charge in [0.25, 0.3) is 0 Å². The number of nitriles is 1. The average molecular weight is 471 g/mol. The summed E-state index contributed by atoms with van der Waals surface area (Å²) >= 11 is -0.696. The first-order chi connectivity index (χ1) is 11.8. The van der Waals surface area contributed by atoms with Crippen LogP contribution in [0.25, 0.3) is 0 Å². The maximum atomic E-state index is 11.8. The molecular formula is C13H20IN4O7-. The first-order valence-electron chi connectivity index (χ1n) is 7.27. The Morgan fingerprint density at radius 1 is 0.960 bits per heavy atom. The summed E-state index contributed by atoms with van der Waals surface area (Å²) in [7, 11) is 0. The molecule has 0 bridgehead atoms. The number of unbranched alkanes of at least 4 members (excludes halogenated alkanes) is 1. The zero-order valence-corrected chi connectivity index (χ0v) is 15.4. The second-order valence-electron chi connectivity index (χ2n) is 4.89. The Balaban J connectivity index is 4.37. The number of rotatable bonds is 13. The molecule has 2 atom stereocenters. The van der Waals surface area contributed by atoms with Gasteiger partial charge in [0.05, 0.1) is 0 Å². The Morgan fingerprint density at radius 3 is 2.00 bits per heavy atom. The van der Waals surface area contributed by atoms with Crippen LogP contribution in [0, 0.1) is 9.34 Å². The number of aliphatic carboxylic acids is 3. The molecule has 0 aromatic heterocycles. The monoisotopic (exact) mass is 471 g/mol. The molecule has 0 radical (unpaired) electrons. The van der Waals surface area contributed by atoms with Crippen LogP contribution in [0.3, 0.4) is 0 Å². The van der Waals surface area contributed by atoms with Crippen molar-refractivity contribution in [3.63, 3.8) is 0 Å². The number of nitrogens with zero attached hydrogens (tertiary/aromatic N) is 1. The van der Waals surface area contributed by atoms with Crippen LogP contribution in [0.4, 0.5) is 4.79 Å². The van der Waals surface area contributed by atoms with Gasteiger partial charge >= 0.3 is 144 Å². The third-order valence-electron chi connectivity index (χ3n) is 2.98. The Bertz CT molecular complexity index is 523. The molecule has 0 heterocycles. The molecule has 142 valence electrons. The van der Waals surface area contributed by atoms with Gasteiger partial charge in [0.1, 0.15) is 0 Å². The summed E-state index contributed by atoms with van der Waals surface area (Å²) in [5.74, 6) is -3.87. The second kappa shape index (κ2) is 13.2. The van der Waals surface area contributed by atoms with Crippen molar-refractivity contribution in [1.82, 2.24) is 14.2 Å². The van der Waals surface area contributed by atoms with E-state index in [0.717, 1.165) is 0 Å². The van der Waals surface area contributed by atoms with Gasteiger partial charge in [-0.3, -0.25) is 4.79 Å². The number of nitrogens with one attached hydrogen (secondary N) is 3. The SMILES string of the molecule is N#C[I-]NCCCCC(NC(=O)NC(CCC(=O)O)C(=O)O)C(=O)O. The van der Waals surface area contributed by atoms with Crippen LogP contribution in [-0.2, 0) is 14.4 Å². The molecule has 0 fully saturated rings. The van der Waals surface area contributed by atoms with E-state index in [1.54, 1.807) is 0 Å². The molecule has 0 aromatic carbocycles. The molecule has 0 rings (SSSR count). The number of hydrogen-bond acceptors (Lipinski definition) is 6. The van der Waals surface area contributed by atoms with E-state index in [1.165, 1.54) is 0 Å². The molecule has 0 saturated heterocycles. The van der Waals surface area contributed by atoms with Gasteiger partial charge in [0.15, 0.2) is 0 Å². The van der Waals surface area contributed by atoms with Crippen LogP contribution in [0.2, 0.25) is 0 Å². The van der Waals surface area contributed by atoms with Crippen LogP contribution in [0.15, 0.2) is 0 Å². The number of amides is 2. The molecular weight excluding hydrogens is 451 g/mol. The van der Waals surface area contributed by atoms with Gasteiger partial charge in [-0.15, -0.1) is 0 Å².